The van der Waals surface area contributed by atoms with Gasteiger partial charge in [0, 0.05) is 32.6 Å². The second kappa shape index (κ2) is 15.4. The second-order valence-corrected chi connectivity index (χ2v) is 10.4. The monoisotopic (exact) mass is 525 g/mol. The molecule has 0 aromatic carbocycles. The van der Waals surface area contributed by atoms with Gasteiger partial charge in [-0.15, -0.1) is 0 Å². The van der Waals surface area contributed by atoms with Crippen molar-refractivity contribution in [1.82, 2.24) is 25.9 Å². The molecule has 0 bridgehead atoms. The Balaban J connectivity index is 2.21. The van der Waals surface area contributed by atoms with Crippen LogP contribution in [0.5, 0.6) is 0 Å². The minimum Gasteiger partial charge on any atom is -0.449 e. The Kier molecular flexibility index (Phi) is 12.6. The van der Waals surface area contributed by atoms with E-state index in [-0.39, 0.29) is 31.4 Å². The summed E-state index contributed by atoms with van der Waals surface area (Å²) in [6.07, 6.45) is 3.70. The molecule has 0 aliphatic carbocycles. The van der Waals surface area contributed by atoms with E-state index in [0.29, 0.717) is 51.7 Å². The fourth-order valence-electron chi connectivity index (χ4n) is 4.83. The summed E-state index contributed by atoms with van der Waals surface area (Å²) in [7, 11) is 1.62. The van der Waals surface area contributed by atoms with E-state index in [1.807, 2.05) is 13.8 Å². The van der Waals surface area contributed by atoms with Crippen LogP contribution in [-0.2, 0) is 23.9 Å². The summed E-state index contributed by atoms with van der Waals surface area (Å²) in [4.78, 5) is 66.9. The molecular formula is C25H43N5O7. The lowest BCUT2D eigenvalue weighted by molar-refractivity contribution is -0.142. The highest BCUT2D eigenvalue weighted by molar-refractivity contribution is 5.92. The Morgan fingerprint density at radius 2 is 1.70 bits per heavy atom. The maximum Gasteiger partial charge on any atom is 0.409 e. The van der Waals surface area contributed by atoms with E-state index in [0.717, 1.165) is 12.8 Å². The van der Waals surface area contributed by atoms with Crippen molar-refractivity contribution in [3.05, 3.63) is 0 Å². The maximum atomic E-state index is 13.5. The molecule has 12 nitrogen and oxygen atoms in total. The molecule has 37 heavy (non-hydrogen) atoms. The normalized spacial score (nSPS) is 24.5. The van der Waals surface area contributed by atoms with E-state index in [9.17, 15) is 29.2 Å². The first-order valence-corrected chi connectivity index (χ1v) is 13.3. The molecule has 210 valence electrons. The molecule has 0 aromatic heterocycles. The van der Waals surface area contributed by atoms with E-state index < -0.39 is 41.7 Å². The van der Waals surface area contributed by atoms with Crippen molar-refractivity contribution in [2.45, 2.75) is 71.3 Å². The molecule has 5 amide bonds. The van der Waals surface area contributed by atoms with Crippen LogP contribution in [0.15, 0.2) is 0 Å². The zero-order valence-electron chi connectivity index (χ0n) is 22.3. The molecule has 2 aliphatic rings. The smallest absolute Gasteiger partial charge is 0.409 e. The number of hydrogen-bond donors (Lipinski definition) is 4. The lowest BCUT2D eigenvalue weighted by atomic mass is 9.81. The number of rotatable bonds is 6. The highest BCUT2D eigenvalue weighted by Crippen LogP contribution is 2.26. The average molecular weight is 526 g/mol. The number of nitrogens with zero attached hydrogens (tertiary/aromatic N) is 2. The number of nitrogens with one attached hydrogen (secondary N) is 3. The van der Waals surface area contributed by atoms with Crippen molar-refractivity contribution < 1.29 is 33.9 Å². The van der Waals surface area contributed by atoms with Crippen LogP contribution in [0.2, 0.25) is 0 Å². The van der Waals surface area contributed by atoms with E-state index in [4.69, 9.17) is 4.74 Å². The van der Waals surface area contributed by atoms with Gasteiger partial charge in [0.15, 0.2) is 0 Å². The van der Waals surface area contributed by atoms with Crippen LogP contribution >= 0.6 is 0 Å². The Bertz CT molecular complexity index is 800. The molecule has 12 heteroatoms. The highest BCUT2D eigenvalue weighted by atomic mass is 16.6. The number of amides is 5. The van der Waals surface area contributed by atoms with Gasteiger partial charge in [-0.05, 0) is 57.3 Å². The third-order valence-electron chi connectivity index (χ3n) is 6.93. The van der Waals surface area contributed by atoms with Crippen LogP contribution in [0.25, 0.3) is 0 Å². The summed E-state index contributed by atoms with van der Waals surface area (Å²) in [5.74, 6) is -3.42. The largest absolute Gasteiger partial charge is 0.449 e. The lowest BCUT2D eigenvalue weighted by Gasteiger charge is -2.28. The minimum absolute atomic E-state index is 0.0589. The third kappa shape index (κ3) is 9.83. The molecule has 0 spiro atoms. The topological polar surface area (TPSA) is 157 Å². The Morgan fingerprint density at radius 3 is 2.35 bits per heavy atom. The summed E-state index contributed by atoms with van der Waals surface area (Å²) < 4.78 is 5.28. The summed E-state index contributed by atoms with van der Waals surface area (Å²) in [5.41, 5.74) is 1.66. The van der Waals surface area contributed by atoms with Gasteiger partial charge in [0.1, 0.15) is 6.04 Å². The summed E-state index contributed by atoms with van der Waals surface area (Å²) in [5, 5.41) is 14.8. The van der Waals surface area contributed by atoms with Gasteiger partial charge in [0.05, 0.1) is 19.1 Å². The Morgan fingerprint density at radius 1 is 1.03 bits per heavy atom. The van der Waals surface area contributed by atoms with Crippen molar-refractivity contribution in [2.75, 3.05) is 39.8 Å². The number of carbonyl (C=O) groups excluding carboxylic acids is 5. The molecule has 2 aliphatic heterocycles. The van der Waals surface area contributed by atoms with Crippen LogP contribution in [0.1, 0.15) is 65.2 Å². The van der Waals surface area contributed by atoms with Crippen molar-refractivity contribution in [3.8, 4) is 0 Å². The molecule has 2 fully saturated rings. The number of cyclic esters (lactones) is 1. The first-order valence-electron chi connectivity index (χ1n) is 13.3. The van der Waals surface area contributed by atoms with Gasteiger partial charge in [-0.25, -0.2) is 10.3 Å². The summed E-state index contributed by atoms with van der Waals surface area (Å²) in [6, 6.07) is -0.909. The molecule has 4 N–H and O–H groups in total. The van der Waals surface area contributed by atoms with Crippen LogP contribution in [-0.4, -0.2) is 90.6 Å². The number of likely N-dealkylation sites (tertiary alicyclic amines) is 1. The number of carbonyl (C=O) groups is 5. The second-order valence-electron chi connectivity index (χ2n) is 10.4. The predicted octanol–water partition coefficient (Wildman–Crippen LogP) is 1.03. The molecule has 0 saturated carbocycles. The first kappa shape index (κ1) is 30.3. The van der Waals surface area contributed by atoms with Crippen molar-refractivity contribution in [1.29, 1.82) is 0 Å². The first-order chi connectivity index (χ1) is 17.6. The van der Waals surface area contributed by atoms with E-state index in [1.54, 1.807) is 17.4 Å². The lowest BCUT2D eigenvalue weighted by Crippen LogP contribution is -2.52. The van der Waals surface area contributed by atoms with Gasteiger partial charge in [0.25, 0.3) is 0 Å². The number of hydrogen-bond acceptors (Lipinski definition) is 7. The SMILES string of the molecule is CC(C)C[C@H]1C(=O)N[C@H](C(=O)NCC(=O)N2CCCC2)CCCCN(C)C(=O)OCCC[C@@H]1C(=O)NO. The molecule has 2 heterocycles. The van der Waals surface area contributed by atoms with Gasteiger partial charge >= 0.3 is 6.09 Å². The summed E-state index contributed by atoms with van der Waals surface area (Å²) >= 11 is 0. The summed E-state index contributed by atoms with van der Waals surface area (Å²) in [6.45, 7) is 5.53. The van der Waals surface area contributed by atoms with Crippen LogP contribution < -0.4 is 16.1 Å². The molecule has 2 saturated heterocycles. The maximum absolute atomic E-state index is 13.5. The Hall–Kier alpha value is -2.89. The van der Waals surface area contributed by atoms with Crippen molar-refractivity contribution in [3.63, 3.8) is 0 Å². The van der Waals surface area contributed by atoms with Crippen LogP contribution in [0.4, 0.5) is 4.79 Å². The van der Waals surface area contributed by atoms with Crippen LogP contribution in [0, 0.1) is 17.8 Å². The zero-order chi connectivity index (χ0) is 27.4. The quantitative estimate of drug-likeness (QED) is 0.298. The molecule has 3 atom stereocenters. The zero-order valence-corrected chi connectivity index (χ0v) is 22.3. The van der Waals surface area contributed by atoms with Crippen molar-refractivity contribution >= 4 is 29.7 Å². The third-order valence-corrected chi connectivity index (χ3v) is 6.93. The Labute approximate surface area is 218 Å². The van der Waals surface area contributed by atoms with E-state index in [2.05, 4.69) is 10.6 Å². The van der Waals surface area contributed by atoms with Gasteiger partial charge in [-0.2, -0.15) is 0 Å². The van der Waals surface area contributed by atoms with Gasteiger partial charge in [-0.3, -0.25) is 24.4 Å². The van der Waals surface area contributed by atoms with Crippen LogP contribution in [0.3, 0.4) is 0 Å². The molecule has 0 radical (unpaired) electrons. The number of ether oxygens (including phenoxy) is 1. The van der Waals surface area contributed by atoms with Crippen molar-refractivity contribution in [2.24, 2.45) is 17.8 Å². The molecule has 0 aromatic rings. The predicted molar refractivity (Wildman–Crippen MR) is 134 cm³/mol. The van der Waals surface area contributed by atoms with E-state index in [1.165, 1.54) is 4.90 Å². The molecule has 0 unspecified atom stereocenters. The standard InChI is InChI=1S/C25H43N5O7/c1-17(2)15-19-18(23(33)28-36)9-8-14-37-25(35)29(3)11-5-4-10-20(27-22(19)32)24(34)26-16-21(31)30-12-6-7-13-30/h17-20,36H,4-16H2,1-3H3,(H,26,34)(H,27,32)(H,28,33)/t18-,19+,20-/m0/s1. The van der Waals surface area contributed by atoms with Gasteiger partial charge in [0.2, 0.25) is 23.6 Å². The van der Waals surface area contributed by atoms with Gasteiger partial charge < -0.3 is 25.2 Å². The van der Waals surface area contributed by atoms with E-state index >= 15 is 0 Å². The highest BCUT2D eigenvalue weighted by Gasteiger charge is 2.36. The average Bonchev–Trinajstić information content (AvgIpc) is 3.41. The fraction of sp³-hybridized carbons (Fsp3) is 0.800. The number of hydroxylamine groups is 1. The molecule has 2 rings (SSSR count). The van der Waals surface area contributed by atoms with Gasteiger partial charge in [-0.1, -0.05) is 13.8 Å². The minimum atomic E-state index is -0.909. The molecular weight excluding hydrogens is 482 g/mol. The fourth-order valence-corrected chi connectivity index (χ4v) is 4.83.